The second-order valence-electron chi connectivity index (χ2n) is 3.68. The van der Waals surface area contributed by atoms with E-state index in [1.165, 1.54) is 4.68 Å². The van der Waals surface area contributed by atoms with Gasteiger partial charge in [-0.15, -0.1) is 0 Å². The topological polar surface area (TPSA) is 55.1 Å². The second-order valence-corrected chi connectivity index (χ2v) is 3.68. The van der Waals surface area contributed by atoms with Gasteiger partial charge in [0, 0.05) is 0 Å². The minimum atomic E-state index is -1.32. The van der Waals surface area contributed by atoms with Crippen molar-refractivity contribution >= 4 is 5.97 Å². The molecule has 2 rings (SSSR count). The summed E-state index contributed by atoms with van der Waals surface area (Å²) in [7, 11) is 0. The number of rotatable bonds is 3. The molecule has 0 amide bonds. The van der Waals surface area contributed by atoms with Crippen LogP contribution in [0.1, 0.15) is 29.0 Å². The van der Waals surface area contributed by atoms with Crippen LogP contribution in [0.3, 0.4) is 0 Å². The number of hydrogen-bond donors (Lipinski definition) is 1. The molecule has 0 aliphatic heterocycles. The molecule has 0 spiro atoms. The molecule has 1 aromatic carbocycles. The van der Waals surface area contributed by atoms with E-state index < -0.39 is 17.5 Å². The Morgan fingerprint density at radius 1 is 1.41 bits per heavy atom. The first kappa shape index (κ1) is 11.3. The number of carboxylic acids is 1. The highest BCUT2D eigenvalue weighted by Crippen LogP contribution is 2.20. The lowest BCUT2D eigenvalue weighted by Gasteiger charge is -2.14. The lowest BCUT2D eigenvalue weighted by atomic mass is 10.1. The first-order chi connectivity index (χ1) is 8.11. The van der Waals surface area contributed by atoms with Crippen molar-refractivity contribution in [3.63, 3.8) is 0 Å². The third kappa shape index (κ3) is 2.04. The normalized spacial score (nSPS) is 12.4. The second kappa shape index (κ2) is 4.37. The van der Waals surface area contributed by atoms with Crippen LogP contribution in [0.5, 0.6) is 0 Å². The SMILES string of the molecule is CC(c1ccccc1)n1ncc(F)c1C(=O)O. The third-order valence-corrected chi connectivity index (χ3v) is 2.60. The molecule has 0 saturated heterocycles. The molecule has 0 fully saturated rings. The largest absolute Gasteiger partial charge is 0.476 e. The number of hydrogen-bond acceptors (Lipinski definition) is 2. The molecule has 1 atom stereocenters. The molecule has 5 heteroatoms. The van der Waals surface area contributed by atoms with E-state index in [4.69, 9.17) is 5.11 Å². The van der Waals surface area contributed by atoms with E-state index in [1.807, 2.05) is 30.3 Å². The van der Waals surface area contributed by atoms with Crippen LogP contribution in [-0.2, 0) is 0 Å². The summed E-state index contributed by atoms with van der Waals surface area (Å²) in [6, 6.07) is 8.90. The van der Waals surface area contributed by atoms with E-state index in [-0.39, 0.29) is 6.04 Å². The predicted octanol–water partition coefficient (Wildman–Crippen LogP) is 2.33. The van der Waals surface area contributed by atoms with Crippen molar-refractivity contribution in [3.8, 4) is 0 Å². The van der Waals surface area contributed by atoms with Crippen molar-refractivity contribution in [3.05, 3.63) is 53.6 Å². The fraction of sp³-hybridized carbons (Fsp3) is 0.167. The van der Waals surface area contributed by atoms with E-state index in [9.17, 15) is 9.18 Å². The number of nitrogens with zero attached hydrogens (tertiary/aromatic N) is 2. The molecule has 17 heavy (non-hydrogen) atoms. The number of carbonyl (C=O) groups is 1. The number of benzene rings is 1. The monoisotopic (exact) mass is 234 g/mol. The van der Waals surface area contributed by atoms with E-state index in [2.05, 4.69) is 5.10 Å². The van der Waals surface area contributed by atoms with Crippen molar-refractivity contribution in [2.75, 3.05) is 0 Å². The van der Waals surface area contributed by atoms with Crippen LogP contribution in [0.4, 0.5) is 4.39 Å². The van der Waals surface area contributed by atoms with Crippen LogP contribution in [0.25, 0.3) is 0 Å². The number of aromatic carboxylic acids is 1. The van der Waals surface area contributed by atoms with Gasteiger partial charge < -0.3 is 5.11 Å². The minimum Gasteiger partial charge on any atom is -0.476 e. The van der Waals surface area contributed by atoms with E-state index >= 15 is 0 Å². The van der Waals surface area contributed by atoms with Crippen LogP contribution in [0.15, 0.2) is 36.5 Å². The smallest absolute Gasteiger partial charge is 0.357 e. The molecule has 4 nitrogen and oxygen atoms in total. The van der Waals surface area contributed by atoms with Gasteiger partial charge in [0.15, 0.2) is 11.5 Å². The van der Waals surface area contributed by atoms with Gasteiger partial charge in [0.1, 0.15) is 0 Å². The average molecular weight is 234 g/mol. The zero-order chi connectivity index (χ0) is 12.4. The highest BCUT2D eigenvalue weighted by atomic mass is 19.1. The van der Waals surface area contributed by atoms with Crippen LogP contribution in [-0.4, -0.2) is 20.9 Å². The molecular formula is C12H11FN2O2. The van der Waals surface area contributed by atoms with E-state index in [0.29, 0.717) is 0 Å². The van der Waals surface area contributed by atoms with Crippen molar-refractivity contribution in [2.24, 2.45) is 0 Å². The highest BCUT2D eigenvalue weighted by molar-refractivity contribution is 5.85. The zero-order valence-corrected chi connectivity index (χ0v) is 9.17. The summed E-state index contributed by atoms with van der Waals surface area (Å²) in [4.78, 5) is 10.9. The average Bonchev–Trinajstić information content (AvgIpc) is 2.71. The van der Waals surface area contributed by atoms with Crippen molar-refractivity contribution < 1.29 is 14.3 Å². The van der Waals surface area contributed by atoms with E-state index in [1.54, 1.807) is 6.92 Å². The number of halogens is 1. The molecule has 1 aromatic heterocycles. The summed E-state index contributed by atoms with van der Waals surface area (Å²) in [5, 5.41) is 12.7. The molecule has 1 heterocycles. The van der Waals surface area contributed by atoms with Gasteiger partial charge in [-0.25, -0.2) is 13.9 Å². The molecule has 0 bridgehead atoms. The Balaban J connectivity index is 2.45. The van der Waals surface area contributed by atoms with Gasteiger partial charge in [0.2, 0.25) is 0 Å². The Kier molecular flexibility index (Phi) is 2.91. The maximum atomic E-state index is 13.3. The van der Waals surface area contributed by atoms with Crippen LogP contribution in [0, 0.1) is 5.82 Å². The van der Waals surface area contributed by atoms with Crippen LogP contribution >= 0.6 is 0 Å². The summed E-state index contributed by atoms with van der Waals surface area (Å²) < 4.78 is 14.4. The summed E-state index contributed by atoms with van der Waals surface area (Å²) in [5.74, 6) is -2.14. The maximum Gasteiger partial charge on any atom is 0.357 e. The Morgan fingerprint density at radius 2 is 2.06 bits per heavy atom. The Labute approximate surface area is 97.3 Å². The molecule has 2 aromatic rings. The molecular weight excluding hydrogens is 223 g/mol. The van der Waals surface area contributed by atoms with Gasteiger partial charge in [-0.2, -0.15) is 5.10 Å². The molecule has 1 unspecified atom stereocenters. The van der Waals surface area contributed by atoms with Crippen molar-refractivity contribution in [1.82, 2.24) is 9.78 Å². The fourth-order valence-corrected chi connectivity index (χ4v) is 1.71. The summed E-state index contributed by atoms with van der Waals surface area (Å²) >= 11 is 0. The molecule has 1 N–H and O–H groups in total. The van der Waals surface area contributed by atoms with Gasteiger partial charge in [0.05, 0.1) is 12.2 Å². The van der Waals surface area contributed by atoms with Gasteiger partial charge in [-0.05, 0) is 12.5 Å². The molecule has 0 aliphatic rings. The fourth-order valence-electron chi connectivity index (χ4n) is 1.71. The van der Waals surface area contributed by atoms with Crippen molar-refractivity contribution in [2.45, 2.75) is 13.0 Å². The first-order valence-corrected chi connectivity index (χ1v) is 5.12. The van der Waals surface area contributed by atoms with Gasteiger partial charge in [-0.1, -0.05) is 30.3 Å². The van der Waals surface area contributed by atoms with Crippen LogP contribution < -0.4 is 0 Å². The highest BCUT2D eigenvalue weighted by Gasteiger charge is 2.21. The number of carboxylic acid groups (broad SMARTS) is 1. The van der Waals surface area contributed by atoms with Gasteiger partial charge >= 0.3 is 5.97 Å². The third-order valence-electron chi connectivity index (χ3n) is 2.60. The first-order valence-electron chi connectivity index (χ1n) is 5.12. The lowest BCUT2D eigenvalue weighted by molar-refractivity contribution is 0.0676. The lowest BCUT2D eigenvalue weighted by Crippen LogP contribution is -2.16. The predicted molar refractivity (Wildman–Crippen MR) is 59.4 cm³/mol. The molecule has 0 saturated carbocycles. The molecule has 0 aliphatic carbocycles. The number of aromatic nitrogens is 2. The standard InChI is InChI=1S/C12H11FN2O2/c1-8(9-5-3-2-4-6-9)15-11(12(16)17)10(13)7-14-15/h2-8H,1H3,(H,16,17). The van der Waals surface area contributed by atoms with Crippen molar-refractivity contribution in [1.29, 1.82) is 0 Å². The summed E-state index contributed by atoms with van der Waals surface area (Å²) in [6.07, 6.45) is 0.920. The van der Waals surface area contributed by atoms with E-state index in [0.717, 1.165) is 11.8 Å². The molecule has 0 radical (unpaired) electrons. The molecule has 88 valence electrons. The Hall–Kier alpha value is -2.17. The maximum absolute atomic E-state index is 13.3. The zero-order valence-electron chi connectivity index (χ0n) is 9.17. The summed E-state index contributed by atoms with van der Waals surface area (Å²) in [5.41, 5.74) is 0.458. The minimum absolute atomic E-state index is 0.327. The van der Waals surface area contributed by atoms with Gasteiger partial charge in [0.25, 0.3) is 0 Å². The quantitative estimate of drug-likeness (QED) is 0.886. The Morgan fingerprint density at radius 3 is 2.65 bits per heavy atom. The summed E-state index contributed by atoms with van der Waals surface area (Å²) in [6.45, 7) is 1.77. The van der Waals surface area contributed by atoms with Gasteiger partial charge in [-0.3, -0.25) is 0 Å². The van der Waals surface area contributed by atoms with Crippen LogP contribution in [0.2, 0.25) is 0 Å². The Bertz CT molecular complexity index is 537.